The number of imidazole rings is 1. The molecular weight excluding hydrogens is 414 g/mol. The van der Waals surface area contributed by atoms with E-state index < -0.39 is 0 Å². The molecule has 0 saturated carbocycles. The first-order valence-corrected chi connectivity index (χ1v) is 11.2. The lowest BCUT2D eigenvalue weighted by Gasteiger charge is -2.06. The van der Waals surface area contributed by atoms with Gasteiger partial charge in [-0.15, -0.1) is 11.3 Å². The molecule has 3 aromatic carbocycles. The van der Waals surface area contributed by atoms with Gasteiger partial charge in [-0.1, -0.05) is 24.3 Å². The van der Waals surface area contributed by atoms with Crippen LogP contribution in [0.25, 0.3) is 65.6 Å². The molecule has 32 heavy (non-hydrogen) atoms. The van der Waals surface area contributed by atoms with Gasteiger partial charge in [0.2, 0.25) is 0 Å². The summed E-state index contributed by atoms with van der Waals surface area (Å²) in [4.78, 5) is 21.9. The summed E-state index contributed by atoms with van der Waals surface area (Å²) >= 11 is 1.64. The molecule has 0 unspecified atom stereocenters. The summed E-state index contributed by atoms with van der Waals surface area (Å²) in [7, 11) is 0. The monoisotopic (exact) mass is 429 g/mol. The first-order chi connectivity index (χ1) is 15.8. The maximum atomic E-state index is 4.80. The van der Waals surface area contributed by atoms with Gasteiger partial charge in [0.05, 0.1) is 37.8 Å². The molecule has 0 bridgehead atoms. The van der Waals surface area contributed by atoms with Crippen LogP contribution >= 0.6 is 11.3 Å². The van der Waals surface area contributed by atoms with Crippen molar-refractivity contribution in [2.75, 3.05) is 0 Å². The summed E-state index contributed by atoms with van der Waals surface area (Å²) in [5.41, 5.74) is 9.92. The second-order valence-electron chi connectivity index (χ2n) is 7.79. The molecule has 7 aromatic rings. The fourth-order valence-electron chi connectivity index (χ4n) is 4.22. The normalized spacial score (nSPS) is 11.8. The van der Waals surface area contributed by atoms with E-state index in [1.54, 1.807) is 11.3 Å². The average molecular weight is 430 g/mol. The van der Waals surface area contributed by atoms with Gasteiger partial charge >= 0.3 is 0 Å². The van der Waals surface area contributed by atoms with Crippen molar-refractivity contribution >= 4 is 54.4 Å². The maximum Gasteiger partial charge on any atom is 0.138 e. The molecule has 0 aliphatic rings. The number of pyridine rings is 2. The van der Waals surface area contributed by atoms with Crippen molar-refractivity contribution in [3.8, 4) is 22.5 Å². The third-order valence-corrected chi connectivity index (χ3v) is 6.63. The Morgan fingerprint density at radius 2 is 1.56 bits per heavy atom. The molecular formula is C26H15N5S. The highest BCUT2D eigenvalue weighted by molar-refractivity contribution is 7.16. The molecule has 5 nitrogen and oxygen atoms in total. The molecule has 0 saturated heterocycles. The van der Waals surface area contributed by atoms with E-state index in [0.717, 1.165) is 65.6 Å². The second kappa shape index (κ2) is 6.67. The molecule has 0 spiro atoms. The van der Waals surface area contributed by atoms with Crippen LogP contribution in [0.2, 0.25) is 0 Å². The third kappa shape index (κ3) is 2.70. The van der Waals surface area contributed by atoms with E-state index in [1.807, 2.05) is 30.0 Å². The topological polar surface area (TPSA) is 67.3 Å². The quantitative estimate of drug-likeness (QED) is 0.314. The first kappa shape index (κ1) is 17.5. The Bertz CT molecular complexity index is 1800. The number of H-pyrrole nitrogens is 1. The minimum absolute atomic E-state index is 0.863. The molecule has 0 atom stereocenters. The summed E-state index contributed by atoms with van der Waals surface area (Å²) in [6.07, 6.45) is 3.74. The van der Waals surface area contributed by atoms with Crippen LogP contribution in [0.4, 0.5) is 0 Å². The van der Waals surface area contributed by atoms with Gasteiger partial charge in [-0.25, -0.2) is 9.97 Å². The fourth-order valence-corrected chi connectivity index (χ4v) is 4.94. The number of hydrogen-bond acceptors (Lipinski definition) is 5. The largest absolute Gasteiger partial charge is 0.338 e. The number of aromatic amines is 1. The summed E-state index contributed by atoms with van der Waals surface area (Å²) < 4.78 is 1.16. The van der Waals surface area contributed by atoms with E-state index in [9.17, 15) is 0 Å². The van der Waals surface area contributed by atoms with Gasteiger partial charge in [0.1, 0.15) is 5.82 Å². The smallest absolute Gasteiger partial charge is 0.138 e. The van der Waals surface area contributed by atoms with Gasteiger partial charge in [-0.05, 0) is 48.0 Å². The van der Waals surface area contributed by atoms with Crippen LogP contribution in [0, 0.1) is 0 Å². The van der Waals surface area contributed by atoms with Crippen molar-refractivity contribution in [1.82, 2.24) is 24.9 Å². The van der Waals surface area contributed by atoms with Gasteiger partial charge in [0, 0.05) is 34.3 Å². The Labute approximate surface area is 186 Å². The summed E-state index contributed by atoms with van der Waals surface area (Å²) in [5.74, 6) is 0.863. The van der Waals surface area contributed by atoms with Crippen LogP contribution in [-0.2, 0) is 0 Å². The van der Waals surface area contributed by atoms with Crippen LogP contribution in [0.5, 0.6) is 0 Å². The third-order valence-electron chi connectivity index (χ3n) is 5.84. The van der Waals surface area contributed by atoms with Crippen molar-refractivity contribution in [3.63, 3.8) is 0 Å². The molecule has 0 radical (unpaired) electrons. The number of benzene rings is 3. The minimum atomic E-state index is 0.863. The van der Waals surface area contributed by atoms with Crippen molar-refractivity contribution < 1.29 is 0 Å². The number of nitrogens with one attached hydrogen (secondary N) is 1. The van der Waals surface area contributed by atoms with Crippen molar-refractivity contribution in [1.29, 1.82) is 0 Å². The van der Waals surface area contributed by atoms with Crippen LogP contribution in [0.15, 0.2) is 84.6 Å². The van der Waals surface area contributed by atoms with Gasteiger partial charge in [-0.3, -0.25) is 9.97 Å². The zero-order valence-corrected chi connectivity index (χ0v) is 17.6. The molecule has 0 amide bonds. The molecule has 0 aliphatic heterocycles. The van der Waals surface area contributed by atoms with Gasteiger partial charge in [0.15, 0.2) is 0 Å². The predicted octanol–water partition coefficient (Wildman–Crippen LogP) is 6.60. The fraction of sp³-hybridized carbons (Fsp3) is 0. The second-order valence-corrected chi connectivity index (χ2v) is 8.67. The van der Waals surface area contributed by atoms with Crippen molar-refractivity contribution in [2.45, 2.75) is 0 Å². The molecule has 4 heterocycles. The summed E-state index contributed by atoms with van der Waals surface area (Å²) in [6, 6.07) is 22.9. The summed E-state index contributed by atoms with van der Waals surface area (Å²) in [6.45, 7) is 0. The van der Waals surface area contributed by atoms with Gasteiger partial charge < -0.3 is 4.98 Å². The molecule has 1 N–H and O–H groups in total. The molecule has 6 heteroatoms. The Morgan fingerprint density at radius 3 is 2.56 bits per heavy atom. The Morgan fingerprint density at radius 1 is 0.688 bits per heavy atom. The number of hydrogen-bond donors (Lipinski definition) is 1. The van der Waals surface area contributed by atoms with E-state index in [1.165, 1.54) is 0 Å². The first-order valence-electron chi connectivity index (χ1n) is 10.3. The SMILES string of the molecule is c1cnc2c(c1)ccc1cc(-c3ccc4nc(-c5ccc6ncsc6c5)[nH]c4c3)cnc12. The lowest BCUT2D eigenvalue weighted by molar-refractivity contribution is 1.34. The number of fused-ring (bicyclic) bond motifs is 5. The Hall–Kier alpha value is -4.16. The highest BCUT2D eigenvalue weighted by atomic mass is 32.1. The lowest BCUT2D eigenvalue weighted by atomic mass is 10.0. The van der Waals surface area contributed by atoms with Crippen molar-refractivity contribution in [2.24, 2.45) is 0 Å². The minimum Gasteiger partial charge on any atom is -0.338 e. The highest BCUT2D eigenvalue weighted by Crippen LogP contribution is 2.30. The van der Waals surface area contributed by atoms with Crippen LogP contribution < -0.4 is 0 Å². The van der Waals surface area contributed by atoms with Crippen LogP contribution in [0.1, 0.15) is 0 Å². The Kier molecular flexibility index (Phi) is 3.65. The summed E-state index contributed by atoms with van der Waals surface area (Å²) in [5, 5.41) is 2.18. The van der Waals surface area contributed by atoms with E-state index in [0.29, 0.717) is 0 Å². The molecule has 150 valence electrons. The van der Waals surface area contributed by atoms with Gasteiger partial charge in [0.25, 0.3) is 0 Å². The van der Waals surface area contributed by atoms with E-state index in [2.05, 4.69) is 69.5 Å². The number of nitrogens with zero attached hydrogens (tertiary/aromatic N) is 4. The average Bonchev–Trinajstić information content (AvgIpc) is 3.49. The van der Waals surface area contributed by atoms with Gasteiger partial charge in [-0.2, -0.15) is 0 Å². The van der Waals surface area contributed by atoms with E-state index >= 15 is 0 Å². The highest BCUT2D eigenvalue weighted by Gasteiger charge is 2.10. The number of aromatic nitrogens is 5. The molecule has 0 aliphatic carbocycles. The van der Waals surface area contributed by atoms with E-state index in [-0.39, 0.29) is 0 Å². The van der Waals surface area contributed by atoms with Crippen molar-refractivity contribution in [3.05, 3.63) is 84.6 Å². The standard InChI is InChI=1S/C26H15N5S/c1-2-15-3-4-17-10-19(13-28-25(17)24(15)27-9-1)16-5-7-20-22(11-16)31-26(30-20)18-6-8-21-23(12-18)32-14-29-21/h1-14H,(H,30,31). The zero-order valence-electron chi connectivity index (χ0n) is 16.8. The predicted molar refractivity (Wildman–Crippen MR) is 131 cm³/mol. The molecule has 4 aromatic heterocycles. The van der Waals surface area contributed by atoms with E-state index in [4.69, 9.17) is 9.97 Å². The molecule has 0 fully saturated rings. The molecule has 7 rings (SSSR count). The lowest BCUT2D eigenvalue weighted by Crippen LogP contribution is -1.87. The number of thiazole rings is 1. The Balaban J connectivity index is 1.32. The maximum absolute atomic E-state index is 4.80. The van der Waals surface area contributed by atoms with Crippen LogP contribution in [0.3, 0.4) is 0 Å². The number of rotatable bonds is 2. The van der Waals surface area contributed by atoms with Crippen LogP contribution in [-0.4, -0.2) is 24.9 Å². The zero-order chi connectivity index (χ0) is 21.1.